The van der Waals surface area contributed by atoms with Crippen LogP contribution in [0, 0.1) is 0 Å². The van der Waals surface area contributed by atoms with E-state index >= 15 is 0 Å². The van der Waals surface area contributed by atoms with Gasteiger partial charge in [-0.05, 0) is 17.7 Å². The molecular formula is C10H13NO. The Morgan fingerprint density at radius 1 is 1.75 bits per heavy atom. The van der Waals surface area contributed by atoms with Gasteiger partial charge in [0, 0.05) is 24.9 Å². The summed E-state index contributed by atoms with van der Waals surface area (Å²) in [7, 11) is 1.96. The SMILES string of the molecule is C=C(C=O)C(C)c1cccn1C. The largest absolute Gasteiger partial charge is 0.354 e. The van der Waals surface area contributed by atoms with Crippen molar-refractivity contribution in [2.75, 3.05) is 0 Å². The van der Waals surface area contributed by atoms with E-state index < -0.39 is 0 Å². The van der Waals surface area contributed by atoms with Crippen LogP contribution in [0.15, 0.2) is 30.5 Å². The number of carbonyl (C=O) groups is 1. The van der Waals surface area contributed by atoms with E-state index in [1.807, 2.05) is 36.9 Å². The van der Waals surface area contributed by atoms with E-state index in [2.05, 4.69) is 6.58 Å². The predicted octanol–water partition coefficient (Wildman–Crippen LogP) is 1.88. The van der Waals surface area contributed by atoms with Crippen LogP contribution in [0.1, 0.15) is 18.5 Å². The smallest absolute Gasteiger partial charge is 0.146 e. The number of aldehydes is 1. The zero-order valence-corrected chi connectivity index (χ0v) is 7.45. The molecule has 0 amide bonds. The molecule has 0 N–H and O–H groups in total. The zero-order valence-electron chi connectivity index (χ0n) is 7.45. The van der Waals surface area contributed by atoms with Crippen molar-refractivity contribution in [2.45, 2.75) is 12.8 Å². The molecule has 1 rings (SSSR count). The van der Waals surface area contributed by atoms with Gasteiger partial charge >= 0.3 is 0 Å². The molecular weight excluding hydrogens is 150 g/mol. The van der Waals surface area contributed by atoms with Crippen molar-refractivity contribution in [1.82, 2.24) is 4.57 Å². The van der Waals surface area contributed by atoms with Crippen LogP contribution in [-0.4, -0.2) is 10.9 Å². The maximum atomic E-state index is 10.4. The summed E-state index contributed by atoms with van der Waals surface area (Å²) in [5, 5.41) is 0. The Balaban J connectivity index is 2.91. The molecule has 0 bridgehead atoms. The van der Waals surface area contributed by atoms with Crippen LogP contribution in [0.5, 0.6) is 0 Å². The maximum absolute atomic E-state index is 10.4. The van der Waals surface area contributed by atoms with Crippen molar-refractivity contribution >= 4 is 6.29 Å². The van der Waals surface area contributed by atoms with Crippen molar-refractivity contribution in [3.63, 3.8) is 0 Å². The van der Waals surface area contributed by atoms with Crippen molar-refractivity contribution < 1.29 is 4.79 Å². The average molecular weight is 163 g/mol. The molecule has 1 aromatic heterocycles. The molecule has 1 heterocycles. The van der Waals surface area contributed by atoms with E-state index in [1.54, 1.807) is 0 Å². The number of aromatic nitrogens is 1. The molecule has 0 saturated carbocycles. The molecule has 0 aromatic carbocycles. The first-order valence-corrected chi connectivity index (χ1v) is 3.92. The van der Waals surface area contributed by atoms with Gasteiger partial charge in [-0.1, -0.05) is 13.5 Å². The van der Waals surface area contributed by atoms with Crippen LogP contribution < -0.4 is 0 Å². The highest BCUT2D eigenvalue weighted by atomic mass is 16.1. The summed E-state index contributed by atoms with van der Waals surface area (Å²) < 4.78 is 2.00. The lowest BCUT2D eigenvalue weighted by molar-refractivity contribution is -0.105. The minimum atomic E-state index is 0.113. The third kappa shape index (κ3) is 1.47. The number of nitrogens with zero attached hydrogens (tertiary/aromatic N) is 1. The molecule has 64 valence electrons. The van der Waals surface area contributed by atoms with Gasteiger partial charge in [-0.3, -0.25) is 4.79 Å². The number of carbonyl (C=O) groups excluding carboxylic acids is 1. The Morgan fingerprint density at radius 3 is 2.83 bits per heavy atom. The van der Waals surface area contributed by atoms with Crippen molar-refractivity contribution in [2.24, 2.45) is 7.05 Å². The van der Waals surface area contributed by atoms with Gasteiger partial charge < -0.3 is 4.57 Å². The molecule has 0 fully saturated rings. The minimum absolute atomic E-state index is 0.113. The Morgan fingerprint density at radius 2 is 2.42 bits per heavy atom. The van der Waals surface area contributed by atoms with Gasteiger partial charge in [-0.15, -0.1) is 0 Å². The number of rotatable bonds is 3. The molecule has 2 heteroatoms. The van der Waals surface area contributed by atoms with Crippen LogP contribution in [0.3, 0.4) is 0 Å². The molecule has 0 saturated heterocycles. The molecule has 0 aliphatic rings. The second-order valence-electron chi connectivity index (χ2n) is 2.96. The molecule has 1 aromatic rings. The number of aryl methyl sites for hydroxylation is 1. The fourth-order valence-electron chi connectivity index (χ4n) is 1.22. The highest BCUT2D eigenvalue weighted by Gasteiger charge is 2.10. The van der Waals surface area contributed by atoms with Gasteiger partial charge in [-0.2, -0.15) is 0 Å². The summed E-state index contributed by atoms with van der Waals surface area (Å²) in [6.45, 7) is 5.67. The first-order valence-electron chi connectivity index (χ1n) is 3.92. The lowest BCUT2D eigenvalue weighted by atomic mass is 10.0. The van der Waals surface area contributed by atoms with Crippen LogP contribution in [0.2, 0.25) is 0 Å². The molecule has 0 aliphatic carbocycles. The summed E-state index contributed by atoms with van der Waals surface area (Å²) in [4.78, 5) is 10.4. The summed E-state index contributed by atoms with van der Waals surface area (Å²) in [5.74, 6) is 0.113. The van der Waals surface area contributed by atoms with E-state index in [1.165, 1.54) is 0 Å². The van der Waals surface area contributed by atoms with E-state index in [4.69, 9.17) is 0 Å². The fourth-order valence-corrected chi connectivity index (χ4v) is 1.22. The lowest BCUT2D eigenvalue weighted by Gasteiger charge is -2.10. The van der Waals surface area contributed by atoms with Gasteiger partial charge in [0.2, 0.25) is 0 Å². The summed E-state index contributed by atoms with van der Waals surface area (Å²) in [6, 6.07) is 3.96. The van der Waals surface area contributed by atoms with Crippen LogP contribution in [0.4, 0.5) is 0 Å². The quantitative estimate of drug-likeness (QED) is 0.492. The highest BCUT2D eigenvalue weighted by Crippen LogP contribution is 2.20. The second kappa shape index (κ2) is 3.39. The molecule has 2 nitrogen and oxygen atoms in total. The van der Waals surface area contributed by atoms with Gasteiger partial charge in [0.25, 0.3) is 0 Å². The van der Waals surface area contributed by atoms with Crippen molar-refractivity contribution in [1.29, 1.82) is 0 Å². The Kier molecular flexibility index (Phi) is 2.48. The first kappa shape index (κ1) is 8.78. The third-order valence-electron chi connectivity index (χ3n) is 2.14. The topological polar surface area (TPSA) is 22.0 Å². The van der Waals surface area contributed by atoms with Gasteiger partial charge in [0.15, 0.2) is 0 Å². The number of allylic oxidation sites excluding steroid dienone is 1. The predicted molar refractivity (Wildman–Crippen MR) is 49.0 cm³/mol. The Bertz CT molecular complexity index is 299. The first-order chi connectivity index (χ1) is 5.66. The van der Waals surface area contributed by atoms with Gasteiger partial charge in [0.1, 0.15) is 6.29 Å². The number of hydrogen-bond acceptors (Lipinski definition) is 1. The summed E-state index contributed by atoms with van der Waals surface area (Å²) >= 11 is 0. The highest BCUT2D eigenvalue weighted by molar-refractivity contribution is 5.74. The molecule has 1 unspecified atom stereocenters. The summed E-state index contributed by atoms with van der Waals surface area (Å²) in [5.41, 5.74) is 1.74. The molecule has 0 radical (unpaired) electrons. The van der Waals surface area contributed by atoms with Crippen LogP contribution in [-0.2, 0) is 11.8 Å². The molecule has 1 atom stereocenters. The monoisotopic (exact) mass is 163 g/mol. The van der Waals surface area contributed by atoms with E-state index in [9.17, 15) is 4.79 Å². The van der Waals surface area contributed by atoms with E-state index in [0.29, 0.717) is 5.57 Å². The van der Waals surface area contributed by atoms with Crippen molar-refractivity contribution in [3.05, 3.63) is 36.2 Å². The minimum Gasteiger partial charge on any atom is -0.354 e. The standard InChI is InChI=1S/C10H13NO/c1-8(7-12)9(2)10-5-4-6-11(10)3/h4-7,9H,1H2,2-3H3. The fraction of sp³-hybridized carbons (Fsp3) is 0.300. The molecule has 0 spiro atoms. The lowest BCUT2D eigenvalue weighted by Crippen LogP contribution is -2.03. The average Bonchev–Trinajstić information content (AvgIpc) is 2.48. The Labute approximate surface area is 72.5 Å². The maximum Gasteiger partial charge on any atom is 0.146 e. The van der Waals surface area contributed by atoms with Gasteiger partial charge in [0.05, 0.1) is 0 Å². The summed E-state index contributed by atoms with van der Waals surface area (Å²) in [6.07, 6.45) is 2.78. The third-order valence-corrected chi connectivity index (χ3v) is 2.14. The van der Waals surface area contributed by atoms with E-state index in [0.717, 1.165) is 12.0 Å². The zero-order chi connectivity index (χ0) is 9.14. The van der Waals surface area contributed by atoms with E-state index in [-0.39, 0.29) is 5.92 Å². The van der Waals surface area contributed by atoms with Crippen LogP contribution >= 0.6 is 0 Å². The van der Waals surface area contributed by atoms with Crippen molar-refractivity contribution in [3.8, 4) is 0 Å². The van der Waals surface area contributed by atoms with Crippen LogP contribution in [0.25, 0.3) is 0 Å². The molecule has 0 aliphatic heterocycles. The van der Waals surface area contributed by atoms with Gasteiger partial charge in [-0.25, -0.2) is 0 Å². The Hall–Kier alpha value is -1.31. The number of hydrogen-bond donors (Lipinski definition) is 0. The second-order valence-corrected chi connectivity index (χ2v) is 2.96. The molecule has 12 heavy (non-hydrogen) atoms. The normalized spacial score (nSPS) is 12.5.